The minimum absolute atomic E-state index is 0.0451. The molecule has 1 saturated heterocycles. The van der Waals surface area contributed by atoms with Gasteiger partial charge in [-0.1, -0.05) is 12.5 Å². The van der Waals surface area contributed by atoms with Crippen LogP contribution in [0.2, 0.25) is 0 Å². The fourth-order valence-electron chi connectivity index (χ4n) is 3.07. The highest BCUT2D eigenvalue weighted by Crippen LogP contribution is 2.18. The molecule has 5 heteroatoms. The predicted molar refractivity (Wildman–Crippen MR) is 81.3 cm³/mol. The average molecular weight is 287 g/mol. The van der Waals surface area contributed by atoms with Gasteiger partial charge in [-0.2, -0.15) is 0 Å². The van der Waals surface area contributed by atoms with E-state index in [2.05, 4.69) is 9.88 Å². The van der Waals surface area contributed by atoms with E-state index >= 15 is 0 Å². The summed E-state index contributed by atoms with van der Waals surface area (Å²) in [6.07, 6.45) is 5.07. The molecule has 2 aromatic heterocycles. The average Bonchev–Trinajstić information content (AvgIpc) is 2.49. The van der Waals surface area contributed by atoms with Crippen molar-refractivity contribution in [2.75, 3.05) is 13.2 Å². The fraction of sp³-hybridized carbons (Fsp3) is 0.500. The molecule has 0 amide bonds. The van der Waals surface area contributed by atoms with Crippen molar-refractivity contribution in [2.24, 2.45) is 0 Å². The zero-order valence-corrected chi connectivity index (χ0v) is 12.3. The fourth-order valence-corrected chi connectivity index (χ4v) is 3.07. The monoisotopic (exact) mass is 287 g/mol. The highest BCUT2D eigenvalue weighted by molar-refractivity contribution is 5.46. The molecule has 0 aliphatic carbocycles. The summed E-state index contributed by atoms with van der Waals surface area (Å²) in [5.74, 6) is 0. The topological polar surface area (TPSA) is 57.8 Å². The minimum atomic E-state index is -0.0451. The molecule has 5 nitrogen and oxygen atoms in total. The van der Waals surface area contributed by atoms with E-state index in [0.29, 0.717) is 6.54 Å². The first-order valence-corrected chi connectivity index (χ1v) is 7.52. The van der Waals surface area contributed by atoms with Gasteiger partial charge in [-0.25, -0.2) is 4.98 Å². The molecule has 1 N–H and O–H groups in total. The Bertz CT molecular complexity index is 695. The Morgan fingerprint density at radius 3 is 3.10 bits per heavy atom. The normalized spacial score (nSPS) is 20.0. The quantitative estimate of drug-likeness (QED) is 0.926. The van der Waals surface area contributed by atoms with Gasteiger partial charge >= 0.3 is 0 Å². The summed E-state index contributed by atoms with van der Waals surface area (Å²) in [6.45, 7) is 3.72. The van der Waals surface area contributed by atoms with E-state index in [1.165, 1.54) is 0 Å². The van der Waals surface area contributed by atoms with E-state index in [1.54, 1.807) is 16.7 Å². The molecule has 1 unspecified atom stereocenters. The molecule has 1 atom stereocenters. The Morgan fingerprint density at radius 2 is 2.29 bits per heavy atom. The number of aliphatic hydroxyl groups excluding tert-OH is 1. The molecule has 1 aliphatic rings. The lowest BCUT2D eigenvalue weighted by Gasteiger charge is -2.34. The number of aliphatic hydroxyl groups is 1. The van der Waals surface area contributed by atoms with Crippen molar-refractivity contribution in [3.05, 3.63) is 46.0 Å². The highest BCUT2D eigenvalue weighted by Gasteiger charge is 2.22. The molecular weight excluding hydrogens is 266 g/mol. The van der Waals surface area contributed by atoms with E-state index in [9.17, 15) is 9.90 Å². The maximum atomic E-state index is 12.2. The number of likely N-dealkylation sites (tertiary alicyclic amines) is 1. The smallest absolute Gasteiger partial charge is 0.258 e. The highest BCUT2D eigenvalue weighted by atomic mass is 16.3. The van der Waals surface area contributed by atoms with Crippen molar-refractivity contribution in [1.29, 1.82) is 0 Å². The Hall–Kier alpha value is -1.72. The van der Waals surface area contributed by atoms with Crippen LogP contribution in [0.15, 0.2) is 29.2 Å². The number of aromatic nitrogens is 2. The molecule has 0 radical (unpaired) electrons. The maximum absolute atomic E-state index is 12.2. The van der Waals surface area contributed by atoms with Crippen LogP contribution in [0.4, 0.5) is 0 Å². The van der Waals surface area contributed by atoms with Gasteiger partial charge < -0.3 is 5.11 Å². The number of rotatable bonds is 3. The second-order valence-corrected chi connectivity index (χ2v) is 5.77. The lowest BCUT2D eigenvalue weighted by Crippen LogP contribution is -2.41. The zero-order chi connectivity index (χ0) is 14.8. The van der Waals surface area contributed by atoms with Crippen LogP contribution in [0.5, 0.6) is 0 Å². The molecule has 21 heavy (non-hydrogen) atoms. The Morgan fingerprint density at radius 1 is 1.43 bits per heavy atom. The first-order chi connectivity index (χ1) is 10.2. The van der Waals surface area contributed by atoms with Crippen LogP contribution in [0.1, 0.15) is 30.5 Å². The first kappa shape index (κ1) is 14.2. The molecule has 3 rings (SSSR count). The van der Waals surface area contributed by atoms with E-state index in [4.69, 9.17) is 0 Å². The van der Waals surface area contributed by atoms with Crippen LogP contribution in [0.25, 0.3) is 5.65 Å². The van der Waals surface area contributed by atoms with Crippen LogP contribution in [-0.4, -0.2) is 38.6 Å². The summed E-state index contributed by atoms with van der Waals surface area (Å²) in [7, 11) is 0. The van der Waals surface area contributed by atoms with E-state index in [-0.39, 0.29) is 18.2 Å². The number of fused-ring (bicyclic) bond motifs is 1. The number of piperidine rings is 1. The number of nitrogens with zero attached hydrogens (tertiary/aromatic N) is 3. The predicted octanol–water partition coefficient (Wildman–Crippen LogP) is 1.35. The molecule has 0 spiro atoms. The molecule has 112 valence electrons. The Kier molecular flexibility index (Phi) is 4.03. The van der Waals surface area contributed by atoms with Crippen LogP contribution in [0, 0.1) is 6.92 Å². The molecule has 1 fully saturated rings. The summed E-state index contributed by atoms with van der Waals surface area (Å²) >= 11 is 0. The molecule has 0 aromatic carbocycles. The van der Waals surface area contributed by atoms with Crippen LogP contribution in [0.3, 0.4) is 0 Å². The summed E-state index contributed by atoms with van der Waals surface area (Å²) in [5, 5.41) is 9.48. The van der Waals surface area contributed by atoms with Crippen molar-refractivity contribution in [2.45, 2.75) is 38.8 Å². The standard InChI is InChI=1S/C16H21N3O2/c1-12-5-4-8-19-15(21)9-13(17-16(12)19)10-18-7-3-2-6-14(18)11-20/h4-5,8-9,14,20H,2-3,6-7,10-11H2,1H3. The molecule has 0 bridgehead atoms. The van der Waals surface area contributed by atoms with Crippen LogP contribution < -0.4 is 5.56 Å². The van der Waals surface area contributed by atoms with E-state index in [1.807, 2.05) is 19.1 Å². The molecule has 0 saturated carbocycles. The minimum Gasteiger partial charge on any atom is -0.395 e. The van der Waals surface area contributed by atoms with Gasteiger partial charge in [0.25, 0.3) is 5.56 Å². The van der Waals surface area contributed by atoms with Gasteiger partial charge in [0.05, 0.1) is 12.3 Å². The SMILES string of the molecule is Cc1cccn2c(=O)cc(CN3CCCCC3CO)nc12. The number of pyridine rings is 1. The number of hydrogen-bond acceptors (Lipinski definition) is 4. The van der Waals surface area contributed by atoms with Crippen molar-refractivity contribution in [1.82, 2.24) is 14.3 Å². The van der Waals surface area contributed by atoms with Crippen LogP contribution in [-0.2, 0) is 6.54 Å². The van der Waals surface area contributed by atoms with Gasteiger partial charge in [-0.3, -0.25) is 14.1 Å². The molecular formula is C16H21N3O2. The van der Waals surface area contributed by atoms with Gasteiger partial charge in [-0.05, 0) is 37.9 Å². The van der Waals surface area contributed by atoms with Gasteiger partial charge in [-0.15, -0.1) is 0 Å². The first-order valence-electron chi connectivity index (χ1n) is 7.52. The lowest BCUT2D eigenvalue weighted by molar-refractivity contribution is 0.0831. The summed E-state index contributed by atoms with van der Waals surface area (Å²) < 4.78 is 1.58. The largest absolute Gasteiger partial charge is 0.395 e. The second kappa shape index (κ2) is 5.95. The van der Waals surface area contributed by atoms with Crippen molar-refractivity contribution in [3.63, 3.8) is 0 Å². The summed E-state index contributed by atoms with van der Waals surface area (Å²) in [5.41, 5.74) is 2.46. The summed E-state index contributed by atoms with van der Waals surface area (Å²) in [6, 6.07) is 5.62. The molecule has 2 aromatic rings. The van der Waals surface area contributed by atoms with Crippen molar-refractivity contribution < 1.29 is 5.11 Å². The van der Waals surface area contributed by atoms with E-state index < -0.39 is 0 Å². The van der Waals surface area contributed by atoms with Gasteiger partial charge in [0.1, 0.15) is 5.65 Å². The maximum Gasteiger partial charge on any atom is 0.258 e. The van der Waals surface area contributed by atoms with Crippen molar-refractivity contribution >= 4 is 5.65 Å². The third-order valence-electron chi connectivity index (χ3n) is 4.26. The molecule has 3 heterocycles. The number of aryl methyl sites for hydroxylation is 1. The van der Waals surface area contributed by atoms with Crippen molar-refractivity contribution in [3.8, 4) is 0 Å². The van der Waals surface area contributed by atoms with Gasteiger partial charge in [0.15, 0.2) is 0 Å². The third kappa shape index (κ3) is 2.84. The van der Waals surface area contributed by atoms with Gasteiger partial charge in [0, 0.05) is 24.8 Å². The second-order valence-electron chi connectivity index (χ2n) is 5.77. The third-order valence-corrected chi connectivity index (χ3v) is 4.26. The van der Waals surface area contributed by atoms with Gasteiger partial charge in [0.2, 0.25) is 0 Å². The zero-order valence-electron chi connectivity index (χ0n) is 12.3. The Balaban J connectivity index is 1.94. The van der Waals surface area contributed by atoms with Crippen LogP contribution >= 0.6 is 0 Å². The number of hydrogen-bond donors (Lipinski definition) is 1. The molecule has 1 aliphatic heterocycles. The lowest BCUT2D eigenvalue weighted by atomic mass is 10.0. The Labute approximate surface area is 123 Å². The van der Waals surface area contributed by atoms with E-state index in [0.717, 1.165) is 42.7 Å². The summed E-state index contributed by atoms with van der Waals surface area (Å²) in [4.78, 5) is 19.1.